The molecule has 1 aromatic heterocycles. The number of methoxy groups -OCH3 is 1. The SMILES string of the molecule is COC(=O)C1[C@@H]2CCN1C(=O)[C@H](Cc1c[nH]c3ccc(F)cc13)NC(=O)[C@@H](NC(=O)OCC1c3ccccc3-c3ccccc31)Cc1cccc(c1)CNC(=O)CO2. The Bertz CT molecular complexity index is 2350. The van der Waals surface area contributed by atoms with Crippen molar-refractivity contribution in [1.82, 2.24) is 25.8 Å². The molecule has 0 saturated carbocycles. The third-order valence-corrected chi connectivity index (χ3v) is 11.1. The van der Waals surface area contributed by atoms with E-state index in [-0.39, 0.29) is 51.5 Å². The number of aromatic nitrogens is 1. The number of nitrogens with one attached hydrogen (secondary N) is 4. The van der Waals surface area contributed by atoms with Gasteiger partial charge in [0.25, 0.3) is 0 Å². The molecule has 1 saturated heterocycles. The summed E-state index contributed by atoms with van der Waals surface area (Å²) in [5, 5.41) is 8.94. The Morgan fingerprint density at radius 3 is 2.43 bits per heavy atom. The van der Waals surface area contributed by atoms with Gasteiger partial charge in [0.15, 0.2) is 6.04 Å². The van der Waals surface area contributed by atoms with Crippen LogP contribution in [0.5, 0.6) is 0 Å². The molecule has 4 bridgehead atoms. The number of carbonyl (C=O) groups excluding carboxylic acids is 5. The first kappa shape index (κ1) is 38.3. The Morgan fingerprint density at radius 2 is 1.67 bits per heavy atom. The Kier molecular flexibility index (Phi) is 10.9. The molecule has 298 valence electrons. The van der Waals surface area contributed by atoms with Crippen LogP contribution in [0.3, 0.4) is 0 Å². The second-order valence-corrected chi connectivity index (χ2v) is 14.7. The second kappa shape index (κ2) is 16.5. The molecular formula is C44H42FN5O8. The van der Waals surface area contributed by atoms with Crippen molar-refractivity contribution < 1.29 is 42.6 Å². The van der Waals surface area contributed by atoms with Gasteiger partial charge in [-0.15, -0.1) is 0 Å². The number of fused-ring (bicyclic) bond motifs is 8. The van der Waals surface area contributed by atoms with Crippen LogP contribution in [-0.4, -0.2) is 90.8 Å². The lowest BCUT2D eigenvalue weighted by atomic mass is 9.98. The number of halogens is 1. The van der Waals surface area contributed by atoms with Gasteiger partial charge in [0.1, 0.15) is 31.1 Å². The highest BCUT2D eigenvalue weighted by molar-refractivity contribution is 5.95. The van der Waals surface area contributed by atoms with Crippen LogP contribution in [0.15, 0.2) is 97.2 Å². The molecule has 1 aliphatic carbocycles. The molecule has 8 rings (SSSR count). The molecule has 4 N–H and O–H groups in total. The van der Waals surface area contributed by atoms with Gasteiger partial charge in [-0.3, -0.25) is 14.4 Å². The molecule has 3 heterocycles. The predicted molar refractivity (Wildman–Crippen MR) is 210 cm³/mol. The average molecular weight is 788 g/mol. The zero-order valence-electron chi connectivity index (χ0n) is 31.7. The van der Waals surface area contributed by atoms with E-state index in [0.717, 1.165) is 27.8 Å². The second-order valence-electron chi connectivity index (χ2n) is 14.7. The smallest absolute Gasteiger partial charge is 0.407 e. The summed E-state index contributed by atoms with van der Waals surface area (Å²) < 4.78 is 31.3. The fourth-order valence-electron chi connectivity index (χ4n) is 8.33. The number of benzene rings is 4. The zero-order valence-corrected chi connectivity index (χ0v) is 31.7. The molecule has 4 amide bonds. The van der Waals surface area contributed by atoms with Crippen LogP contribution in [0.2, 0.25) is 0 Å². The van der Waals surface area contributed by atoms with E-state index in [1.807, 2.05) is 60.7 Å². The number of nitrogens with zero attached hydrogens (tertiary/aromatic N) is 1. The molecule has 1 fully saturated rings. The Labute approximate surface area is 333 Å². The van der Waals surface area contributed by atoms with Gasteiger partial charge in [-0.1, -0.05) is 72.8 Å². The third kappa shape index (κ3) is 7.87. The van der Waals surface area contributed by atoms with E-state index in [4.69, 9.17) is 14.2 Å². The number of aromatic amines is 1. The minimum absolute atomic E-state index is 0.00327. The Morgan fingerprint density at radius 1 is 0.931 bits per heavy atom. The summed E-state index contributed by atoms with van der Waals surface area (Å²) in [6.45, 7) is -0.150. The summed E-state index contributed by atoms with van der Waals surface area (Å²) in [6.07, 6.45) is 0.0392. The molecule has 3 aliphatic rings. The molecule has 0 spiro atoms. The maximum atomic E-state index is 14.6. The summed E-state index contributed by atoms with van der Waals surface area (Å²) in [4.78, 5) is 73.3. The summed E-state index contributed by atoms with van der Waals surface area (Å²) in [7, 11) is 1.19. The number of ether oxygens (including phenoxy) is 3. The van der Waals surface area contributed by atoms with Gasteiger partial charge in [0, 0.05) is 48.9 Å². The number of esters is 1. The minimum atomic E-state index is -1.29. The van der Waals surface area contributed by atoms with Crippen molar-refractivity contribution in [1.29, 1.82) is 0 Å². The van der Waals surface area contributed by atoms with Crippen LogP contribution in [-0.2, 0) is 52.8 Å². The molecule has 13 nitrogen and oxygen atoms in total. The maximum Gasteiger partial charge on any atom is 0.407 e. The monoisotopic (exact) mass is 787 g/mol. The van der Waals surface area contributed by atoms with Gasteiger partial charge in [-0.25, -0.2) is 14.0 Å². The fraction of sp³-hybridized carbons (Fsp3) is 0.295. The number of alkyl carbamates (subject to hydrolysis) is 1. The van der Waals surface area contributed by atoms with E-state index in [9.17, 15) is 28.4 Å². The van der Waals surface area contributed by atoms with Crippen molar-refractivity contribution in [3.8, 4) is 11.1 Å². The maximum absolute atomic E-state index is 14.6. The highest BCUT2D eigenvalue weighted by Gasteiger charge is 2.46. The Balaban J connectivity index is 1.11. The van der Waals surface area contributed by atoms with Crippen LogP contribution >= 0.6 is 0 Å². The number of hydrogen-bond acceptors (Lipinski definition) is 8. The third-order valence-electron chi connectivity index (χ3n) is 11.1. The Hall–Kier alpha value is -6.54. The molecule has 0 radical (unpaired) electrons. The van der Waals surface area contributed by atoms with Crippen molar-refractivity contribution >= 4 is 40.7 Å². The lowest BCUT2D eigenvalue weighted by Gasteiger charge is -2.30. The first-order valence-electron chi connectivity index (χ1n) is 19.2. The van der Waals surface area contributed by atoms with Crippen LogP contribution < -0.4 is 16.0 Å². The van der Waals surface area contributed by atoms with E-state index in [0.29, 0.717) is 22.0 Å². The first-order chi connectivity index (χ1) is 28.2. The van der Waals surface area contributed by atoms with Gasteiger partial charge in [-0.05, 0) is 63.6 Å². The summed E-state index contributed by atoms with van der Waals surface area (Å²) in [5.74, 6) is -3.21. The van der Waals surface area contributed by atoms with Crippen molar-refractivity contribution in [3.05, 3.63) is 131 Å². The van der Waals surface area contributed by atoms with Crippen LogP contribution in [0.25, 0.3) is 22.0 Å². The highest BCUT2D eigenvalue weighted by atomic mass is 19.1. The van der Waals surface area contributed by atoms with Gasteiger partial charge in [0.05, 0.1) is 13.2 Å². The standard InChI is InChI=1S/C44H42FN5O8/c1-56-43(54)40-38-15-16-50(40)42(53)37(19-27-22-46-35-14-13-28(45)20-33(27)35)48-41(52)36(18-25-7-6-8-26(17-25)21-47-39(51)24-57-38)49-44(55)58-23-34-31-11-4-2-9-29(31)30-10-3-5-12-32(30)34/h2-14,17,20,22,34,36-38,40,46H,15-16,18-19,21,23-24H2,1H3,(H,47,51)(H,48,52)(H,49,55)/t36-,37-,38-,40?/m0/s1. The van der Waals surface area contributed by atoms with Crippen molar-refractivity contribution in [2.45, 2.75) is 56.0 Å². The largest absolute Gasteiger partial charge is 0.467 e. The van der Waals surface area contributed by atoms with Gasteiger partial charge in [0.2, 0.25) is 17.7 Å². The molecule has 4 atom stereocenters. The van der Waals surface area contributed by atoms with Gasteiger partial charge < -0.3 is 40.0 Å². The van der Waals surface area contributed by atoms with E-state index in [1.165, 1.54) is 24.1 Å². The van der Waals surface area contributed by atoms with Crippen molar-refractivity contribution in [2.75, 3.05) is 26.9 Å². The number of carbonyl (C=O) groups is 5. The molecule has 4 aromatic carbocycles. The molecule has 5 aromatic rings. The number of amides is 4. The molecule has 14 heteroatoms. The van der Waals surface area contributed by atoms with Crippen LogP contribution in [0.4, 0.5) is 9.18 Å². The molecule has 2 aliphatic heterocycles. The molecular weight excluding hydrogens is 746 g/mol. The van der Waals surface area contributed by atoms with Gasteiger partial charge in [-0.2, -0.15) is 0 Å². The average Bonchev–Trinajstić information content (AvgIpc) is 3.94. The van der Waals surface area contributed by atoms with E-state index in [2.05, 4.69) is 20.9 Å². The lowest BCUT2D eigenvalue weighted by molar-refractivity contribution is -0.157. The number of hydrogen-bond donors (Lipinski definition) is 4. The van der Waals surface area contributed by atoms with E-state index >= 15 is 0 Å². The quantitative estimate of drug-likeness (QED) is 0.185. The first-order valence-corrected chi connectivity index (χ1v) is 19.2. The van der Waals surface area contributed by atoms with Crippen molar-refractivity contribution in [3.63, 3.8) is 0 Å². The number of H-pyrrole nitrogens is 1. The van der Waals surface area contributed by atoms with Crippen LogP contribution in [0.1, 0.15) is 40.2 Å². The summed E-state index contributed by atoms with van der Waals surface area (Å²) in [5.41, 5.74) is 6.73. The van der Waals surface area contributed by atoms with E-state index in [1.54, 1.807) is 24.4 Å². The zero-order chi connectivity index (χ0) is 40.3. The predicted octanol–water partition coefficient (Wildman–Crippen LogP) is 4.27. The van der Waals surface area contributed by atoms with Crippen LogP contribution in [0, 0.1) is 5.82 Å². The fourth-order valence-corrected chi connectivity index (χ4v) is 8.33. The number of rotatable bonds is 6. The lowest BCUT2D eigenvalue weighted by Crippen LogP contribution is -2.58. The van der Waals surface area contributed by atoms with Gasteiger partial charge >= 0.3 is 12.1 Å². The summed E-state index contributed by atoms with van der Waals surface area (Å²) in [6, 6.07) is 23.5. The normalized spacial score (nSPS) is 21.1. The molecule has 1 unspecified atom stereocenters. The van der Waals surface area contributed by atoms with Crippen molar-refractivity contribution in [2.24, 2.45) is 0 Å². The minimum Gasteiger partial charge on any atom is -0.467 e. The topological polar surface area (TPSA) is 168 Å². The highest BCUT2D eigenvalue weighted by Crippen LogP contribution is 2.44. The van der Waals surface area contributed by atoms with E-state index < -0.39 is 59.8 Å². The summed E-state index contributed by atoms with van der Waals surface area (Å²) >= 11 is 0. The molecule has 58 heavy (non-hydrogen) atoms.